The molecule has 0 aliphatic heterocycles. The van der Waals surface area contributed by atoms with E-state index in [9.17, 15) is 4.39 Å². The minimum atomic E-state index is -0.223. The molecule has 2 aromatic rings. The van der Waals surface area contributed by atoms with Crippen LogP contribution in [0.15, 0.2) is 22.1 Å². The zero-order chi connectivity index (χ0) is 11.0. The van der Waals surface area contributed by atoms with E-state index in [1.54, 1.807) is 17.4 Å². The number of hydrogen-bond donors (Lipinski definition) is 0. The highest BCUT2D eigenvalue weighted by atomic mass is 79.9. The molecule has 0 atom stereocenters. The van der Waals surface area contributed by atoms with Crippen molar-refractivity contribution >= 4 is 27.3 Å². The second-order valence-corrected chi connectivity index (χ2v) is 5.81. The summed E-state index contributed by atoms with van der Waals surface area (Å²) in [7, 11) is 0. The Labute approximate surface area is 100 Å². The van der Waals surface area contributed by atoms with E-state index >= 15 is 0 Å². The lowest BCUT2D eigenvalue weighted by atomic mass is 10.1. The number of nitrogens with zero attached hydrogens (tertiary/aromatic N) is 1. The van der Waals surface area contributed by atoms with Crippen LogP contribution in [0.5, 0.6) is 0 Å². The fourth-order valence-electron chi connectivity index (χ4n) is 1.46. The van der Waals surface area contributed by atoms with Crippen LogP contribution in [0.25, 0.3) is 11.3 Å². The number of aromatic nitrogens is 1. The summed E-state index contributed by atoms with van der Waals surface area (Å²) in [5, 5.41) is 0. The van der Waals surface area contributed by atoms with Gasteiger partial charge < -0.3 is 0 Å². The number of halogens is 2. The summed E-state index contributed by atoms with van der Waals surface area (Å²) in [5.41, 5.74) is 2.77. The van der Waals surface area contributed by atoms with Gasteiger partial charge in [-0.1, -0.05) is 6.07 Å². The van der Waals surface area contributed by atoms with Crippen LogP contribution in [-0.4, -0.2) is 4.98 Å². The Morgan fingerprint density at radius 3 is 2.67 bits per heavy atom. The average Bonchev–Trinajstić information content (AvgIpc) is 2.50. The third kappa shape index (κ3) is 2.11. The van der Waals surface area contributed by atoms with Crippen LogP contribution < -0.4 is 0 Å². The molecule has 15 heavy (non-hydrogen) atoms. The molecule has 0 saturated heterocycles. The van der Waals surface area contributed by atoms with Crippen molar-refractivity contribution in [3.8, 4) is 11.3 Å². The average molecular weight is 286 g/mol. The fourth-order valence-corrected chi connectivity index (χ4v) is 3.01. The van der Waals surface area contributed by atoms with E-state index in [0.29, 0.717) is 0 Å². The Hall–Kier alpha value is -0.740. The normalized spacial score (nSPS) is 10.7. The van der Waals surface area contributed by atoms with Gasteiger partial charge in [0.15, 0.2) is 3.92 Å². The molecule has 0 bridgehead atoms. The van der Waals surface area contributed by atoms with E-state index in [1.165, 1.54) is 12.1 Å². The summed E-state index contributed by atoms with van der Waals surface area (Å²) in [6.45, 7) is 3.95. The topological polar surface area (TPSA) is 12.9 Å². The zero-order valence-corrected chi connectivity index (χ0v) is 10.7. The summed E-state index contributed by atoms with van der Waals surface area (Å²) < 4.78 is 14.0. The van der Waals surface area contributed by atoms with Crippen molar-refractivity contribution < 1.29 is 4.39 Å². The van der Waals surface area contributed by atoms with E-state index < -0.39 is 0 Å². The second kappa shape index (κ2) is 4.02. The lowest BCUT2D eigenvalue weighted by molar-refractivity contribution is 0.628. The van der Waals surface area contributed by atoms with Crippen molar-refractivity contribution in [2.45, 2.75) is 13.8 Å². The van der Waals surface area contributed by atoms with E-state index in [-0.39, 0.29) is 5.82 Å². The van der Waals surface area contributed by atoms with Gasteiger partial charge in [-0.05, 0) is 47.5 Å². The molecule has 0 aliphatic rings. The molecular weight excluding hydrogens is 277 g/mol. The van der Waals surface area contributed by atoms with Gasteiger partial charge >= 0.3 is 0 Å². The van der Waals surface area contributed by atoms with E-state index in [1.807, 2.05) is 13.8 Å². The van der Waals surface area contributed by atoms with Crippen molar-refractivity contribution in [2.24, 2.45) is 0 Å². The Morgan fingerprint density at radius 1 is 1.33 bits per heavy atom. The third-order valence-electron chi connectivity index (χ3n) is 2.23. The lowest BCUT2D eigenvalue weighted by Crippen LogP contribution is -1.87. The van der Waals surface area contributed by atoms with E-state index in [0.717, 1.165) is 25.6 Å². The predicted molar refractivity (Wildman–Crippen MR) is 64.7 cm³/mol. The maximum absolute atomic E-state index is 13.1. The smallest absolute Gasteiger partial charge is 0.160 e. The first kappa shape index (κ1) is 10.8. The van der Waals surface area contributed by atoms with Gasteiger partial charge in [0, 0.05) is 10.4 Å². The van der Waals surface area contributed by atoms with Crippen LogP contribution in [0.1, 0.15) is 10.4 Å². The lowest BCUT2D eigenvalue weighted by Gasteiger charge is -2.03. The molecular formula is C11H9BrFNS. The molecule has 0 amide bonds. The number of hydrogen-bond acceptors (Lipinski definition) is 2. The third-order valence-corrected chi connectivity index (χ3v) is 3.65. The van der Waals surface area contributed by atoms with E-state index in [2.05, 4.69) is 20.9 Å². The van der Waals surface area contributed by atoms with Gasteiger partial charge in [0.05, 0.1) is 5.69 Å². The minimum absolute atomic E-state index is 0.223. The largest absolute Gasteiger partial charge is 0.229 e. The van der Waals surface area contributed by atoms with Gasteiger partial charge in [0.2, 0.25) is 0 Å². The van der Waals surface area contributed by atoms with Gasteiger partial charge in [-0.3, -0.25) is 0 Å². The first-order chi connectivity index (χ1) is 7.08. The van der Waals surface area contributed by atoms with Crippen LogP contribution in [0.4, 0.5) is 4.39 Å². The SMILES string of the molecule is Cc1ccc(F)cc1-c1nc(Br)sc1C. The molecule has 2 rings (SSSR count). The van der Waals surface area contributed by atoms with Gasteiger partial charge in [-0.2, -0.15) is 0 Å². The van der Waals surface area contributed by atoms with Crippen molar-refractivity contribution in [3.63, 3.8) is 0 Å². The van der Waals surface area contributed by atoms with Gasteiger partial charge in [-0.15, -0.1) is 11.3 Å². The van der Waals surface area contributed by atoms with Gasteiger partial charge in [-0.25, -0.2) is 9.37 Å². The number of aryl methyl sites for hydroxylation is 2. The fraction of sp³-hybridized carbons (Fsp3) is 0.182. The van der Waals surface area contributed by atoms with Crippen LogP contribution >= 0.6 is 27.3 Å². The summed E-state index contributed by atoms with van der Waals surface area (Å²) >= 11 is 4.90. The van der Waals surface area contributed by atoms with Crippen molar-refractivity contribution in [1.82, 2.24) is 4.98 Å². The van der Waals surface area contributed by atoms with Gasteiger partial charge in [0.25, 0.3) is 0 Å². The molecule has 4 heteroatoms. The monoisotopic (exact) mass is 285 g/mol. The number of rotatable bonds is 1. The van der Waals surface area contributed by atoms with Gasteiger partial charge in [0.1, 0.15) is 5.82 Å². The molecule has 0 spiro atoms. The summed E-state index contributed by atoms with van der Waals surface area (Å²) in [5.74, 6) is -0.223. The highest BCUT2D eigenvalue weighted by Crippen LogP contribution is 2.32. The minimum Gasteiger partial charge on any atom is -0.229 e. The maximum atomic E-state index is 13.1. The molecule has 1 aromatic carbocycles. The summed E-state index contributed by atoms with van der Waals surface area (Å²) in [6, 6.07) is 4.77. The standard InChI is InChI=1S/C11H9BrFNS/c1-6-3-4-8(13)5-9(6)10-7(2)15-11(12)14-10/h3-5H,1-2H3. The first-order valence-corrected chi connectivity index (χ1v) is 6.08. The Kier molecular flexibility index (Phi) is 2.89. The summed E-state index contributed by atoms with van der Waals surface area (Å²) in [6.07, 6.45) is 0. The van der Waals surface area contributed by atoms with E-state index in [4.69, 9.17) is 0 Å². The molecule has 1 aromatic heterocycles. The molecule has 78 valence electrons. The Bertz CT molecular complexity index is 507. The Morgan fingerprint density at radius 2 is 2.07 bits per heavy atom. The van der Waals surface area contributed by atoms with Crippen LogP contribution in [0.3, 0.4) is 0 Å². The number of benzene rings is 1. The van der Waals surface area contributed by atoms with Crippen molar-refractivity contribution in [3.05, 3.63) is 38.4 Å². The molecule has 1 heterocycles. The molecule has 0 N–H and O–H groups in total. The molecule has 0 radical (unpaired) electrons. The quantitative estimate of drug-likeness (QED) is 0.760. The molecule has 0 saturated carbocycles. The molecule has 1 nitrogen and oxygen atoms in total. The highest BCUT2D eigenvalue weighted by molar-refractivity contribution is 9.11. The van der Waals surface area contributed by atoms with Crippen molar-refractivity contribution in [1.29, 1.82) is 0 Å². The second-order valence-electron chi connectivity index (χ2n) is 3.33. The Balaban J connectivity index is 2.62. The first-order valence-electron chi connectivity index (χ1n) is 4.47. The molecule has 0 fully saturated rings. The van der Waals surface area contributed by atoms with Crippen LogP contribution in [-0.2, 0) is 0 Å². The molecule has 0 unspecified atom stereocenters. The van der Waals surface area contributed by atoms with Crippen LogP contribution in [0, 0.1) is 19.7 Å². The zero-order valence-electron chi connectivity index (χ0n) is 8.34. The maximum Gasteiger partial charge on any atom is 0.160 e. The molecule has 0 aliphatic carbocycles. The van der Waals surface area contributed by atoms with Crippen LogP contribution in [0.2, 0.25) is 0 Å². The number of thiazole rings is 1. The predicted octanol–water partition coefficient (Wildman–Crippen LogP) is 4.33. The summed E-state index contributed by atoms with van der Waals surface area (Å²) in [4.78, 5) is 5.44. The van der Waals surface area contributed by atoms with Crippen molar-refractivity contribution in [2.75, 3.05) is 0 Å². The highest BCUT2D eigenvalue weighted by Gasteiger charge is 2.11.